The normalized spacial score (nSPS) is 20.0. The lowest BCUT2D eigenvalue weighted by Gasteiger charge is -2.24. The van der Waals surface area contributed by atoms with Crippen molar-refractivity contribution in [2.24, 2.45) is 4.99 Å². The summed E-state index contributed by atoms with van der Waals surface area (Å²) >= 11 is 0. The van der Waals surface area contributed by atoms with Crippen molar-refractivity contribution in [1.82, 2.24) is 19.4 Å². The van der Waals surface area contributed by atoms with E-state index in [4.69, 9.17) is 0 Å². The molecule has 2 aliphatic rings. The van der Waals surface area contributed by atoms with Crippen LogP contribution >= 0.6 is 0 Å². The zero-order chi connectivity index (χ0) is 24.1. The average molecular weight is 481 g/mol. The van der Waals surface area contributed by atoms with Crippen molar-refractivity contribution in [1.29, 1.82) is 0 Å². The highest BCUT2D eigenvalue weighted by atomic mass is 16.3. The molecule has 0 radical (unpaired) electrons. The van der Waals surface area contributed by atoms with Gasteiger partial charge in [0.2, 0.25) is 0 Å². The highest BCUT2D eigenvalue weighted by Crippen LogP contribution is 2.48. The first-order valence-corrected chi connectivity index (χ1v) is 12.2. The third-order valence-electron chi connectivity index (χ3n) is 7.76. The lowest BCUT2D eigenvalue weighted by Crippen LogP contribution is -2.35. The summed E-state index contributed by atoms with van der Waals surface area (Å²) in [6.07, 6.45) is -0.00573. The Balaban J connectivity index is 1.60. The number of aromatic amines is 1. The third kappa shape index (κ3) is 2.48. The maximum Gasteiger partial charge on any atom is 0.197 e. The summed E-state index contributed by atoms with van der Waals surface area (Å²) in [5, 5.41) is 45.2. The minimum absolute atomic E-state index is 0.116. The molecule has 0 saturated carbocycles. The maximum atomic E-state index is 11.0. The van der Waals surface area contributed by atoms with Crippen LogP contribution in [0, 0.1) is 0 Å². The zero-order valence-electron chi connectivity index (χ0n) is 19.3. The van der Waals surface area contributed by atoms with Crippen LogP contribution in [0.5, 0.6) is 5.88 Å². The molecule has 36 heavy (non-hydrogen) atoms. The number of H-pyrrole nitrogens is 1. The fourth-order valence-electron chi connectivity index (χ4n) is 6.23. The van der Waals surface area contributed by atoms with Crippen LogP contribution in [0.2, 0.25) is 0 Å². The predicted octanol–water partition coefficient (Wildman–Crippen LogP) is 3.20. The number of guanidine groups is 1. The molecular weight excluding hydrogens is 456 g/mol. The molecule has 9 heteroatoms. The molecular formula is C27H24N6O3. The Morgan fingerprint density at radius 3 is 2.39 bits per heavy atom. The van der Waals surface area contributed by atoms with E-state index in [1.165, 1.54) is 0 Å². The lowest BCUT2D eigenvalue weighted by atomic mass is 10.0. The number of benzene rings is 3. The summed E-state index contributed by atoms with van der Waals surface area (Å²) in [7, 11) is 0. The Labute approximate surface area is 204 Å². The molecule has 0 fully saturated rings. The molecule has 2 aliphatic heterocycles. The fraction of sp³-hybridized carbons (Fsp3) is 0.222. The number of aromatic nitrogens is 3. The summed E-state index contributed by atoms with van der Waals surface area (Å²) < 4.78 is 4.21. The van der Waals surface area contributed by atoms with Crippen LogP contribution in [0.25, 0.3) is 54.4 Å². The number of para-hydroxylation sites is 1. The smallest absolute Gasteiger partial charge is 0.197 e. The number of hydrogen-bond acceptors (Lipinski definition) is 6. The number of aliphatic imine (C=N–C) groups is 1. The monoisotopic (exact) mass is 480 g/mol. The van der Waals surface area contributed by atoms with E-state index in [9.17, 15) is 15.3 Å². The van der Waals surface area contributed by atoms with E-state index in [0.29, 0.717) is 0 Å². The minimum Gasteiger partial charge on any atom is -0.494 e. The van der Waals surface area contributed by atoms with Crippen molar-refractivity contribution in [2.75, 3.05) is 18.4 Å². The number of nitrogens with one attached hydrogen (secondary N) is 3. The molecule has 0 spiro atoms. The second-order valence-electron chi connectivity index (χ2n) is 9.76. The standard InChI is InChI=1S/C27H24N6O3/c34-19-11-32-17-4-2-1-3-14(17)21-16-10-30-26(36)23(16)22-15-9-13(31-27-28-7-8-29-27)5-6-18(15)33(12-20(19)35)25(22)24(21)32/h1-6,9-10,19-20,30,34-36H,7-8,11-12H2,(H2,28,29,31). The molecule has 3 aromatic carbocycles. The Hall–Kier alpha value is -4.21. The first-order valence-electron chi connectivity index (χ1n) is 12.2. The van der Waals surface area contributed by atoms with E-state index in [-0.39, 0.29) is 19.0 Å². The molecule has 6 N–H and O–H groups in total. The van der Waals surface area contributed by atoms with Crippen molar-refractivity contribution >= 4 is 66.0 Å². The molecule has 3 aromatic heterocycles. The molecule has 0 aliphatic carbocycles. The van der Waals surface area contributed by atoms with Crippen molar-refractivity contribution in [3.63, 3.8) is 0 Å². The highest BCUT2D eigenvalue weighted by molar-refractivity contribution is 6.37. The van der Waals surface area contributed by atoms with Gasteiger partial charge in [-0.05, 0) is 24.3 Å². The van der Waals surface area contributed by atoms with Gasteiger partial charge in [-0.1, -0.05) is 18.2 Å². The Kier molecular flexibility index (Phi) is 3.86. The van der Waals surface area contributed by atoms with E-state index in [1.807, 2.05) is 36.5 Å². The Morgan fingerprint density at radius 2 is 1.61 bits per heavy atom. The molecule has 8 rings (SSSR count). The van der Waals surface area contributed by atoms with Gasteiger partial charge >= 0.3 is 0 Å². The van der Waals surface area contributed by atoms with Gasteiger partial charge in [0.05, 0.1) is 48.3 Å². The zero-order valence-corrected chi connectivity index (χ0v) is 19.3. The Bertz CT molecular complexity index is 1910. The van der Waals surface area contributed by atoms with Gasteiger partial charge in [0.25, 0.3) is 0 Å². The first kappa shape index (κ1) is 20.0. The van der Waals surface area contributed by atoms with Gasteiger partial charge in [0, 0.05) is 56.4 Å². The molecule has 5 heterocycles. The summed E-state index contributed by atoms with van der Waals surface area (Å²) in [4.78, 5) is 7.49. The molecule has 6 aromatic rings. The summed E-state index contributed by atoms with van der Waals surface area (Å²) in [6, 6.07) is 14.2. The van der Waals surface area contributed by atoms with Gasteiger partial charge in [0.15, 0.2) is 11.8 Å². The van der Waals surface area contributed by atoms with Crippen molar-refractivity contribution < 1.29 is 15.3 Å². The number of rotatable bonds is 1. The van der Waals surface area contributed by atoms with Crippen LogP contribution in [0.4, 0.5) is 5.69 Å². The second-order valence-corrected chi connectivity index (χ2v) is 9.76. The van der Waals surface area contributed by atoms with Crippen LogP contribution in [0.15, 0.2) is 53.7 Å². The van der Waals surface area contributed by atoms with Gasteiger partial charge in [-0.25, -0.2) is 0 Å². The molecule has 9 nitrogen and oxygen atoms in total. The largest absolute Gasteiger partial charge is 0.494 e. The number of aliphatic hydroxyl groups is 2. The average Bonchev–Trinajstić information content (AvgIpc) is 3.65. The summed E-state index contributed by atoms with van der Waals surface area (Å²) in [6.45, 7) is 2.08. The second kappa shape index (κ2) is 6.93. The summed E-state index contributed by atoms with van der Waals surface area (Å²) in [5.74, 6) is 0.859. The van der Waals surface area contributed by atoms with E-state index in [2.05, 4.69) is 41.9 Å². The third-order valence-corrected chi connectivity index (χ3v) is 7.76. The van der Waals surface area contributed by atoms with Crippen LogP contribution < -0.4 is 10.6 Å². The molecule has 0 saturated heterocycles. The number of anilines is 1. The topological polar surface area (TPSA) is 123 Å². The molecule has 0 amide bonds. The van der Waals surface area contributed by atoms with Gasteiger partial charge in [0.1, 0.15) is 0 Å². The molecule has 2 unspecified atom stereocenters. The number of hydrogen-bond donors (Lipinski definition) is 6. The molecule has 2 atom stereocenters. The maximum absolute atomic E-state index is 11.0. The predicted molar refractivity (Wildman–Crippen MR) is 142 cm³/mol. The quantitative estimate of drug-likeness (QED) is 0.216. The van der Waals surface area contributed by atoms with Crippen molar-refractivity contribution in [3.05, 3.63) is 48.7 Å². The highest BCUT2D eigenvalue weighted by Gasteiger charge is 2.30. The first-order chi connectivity index (χ1) is 17.6. The summed E-state index contributed by atoms with van der Waals surface area (Å²) in [5.41, 5.74) is 4.74. The van der Waals surface area contributed by atoms with Gasteiger partial charge < -0.3 is 40.1 Å². The number of fused-ring (bicyclic) bond motifs is 9. The molecule has 180 valence electrons. The van der Waals surface area contributed by atoms with Crippen molar-refractivity contribution in [2.45, 2.75) is 25.3 Å². The number of aromatic hydroxyl groups is 1. The van der Waals surface area contributed by atoms with Crippen molar-refractivity contribution in [3.8, 4) is 5.88 Å². The Morgan fingerprint density at radius 1 is 0.861 bits per heavy atom. The fourth-order valence-corrected chi connectivity index (χ4v) is 6.23. The van der Waals surface area contributed by atoms with E-state index in [1.54, 1.807) is 0 Å². The van der Waals surface area contributed by atoms with E-state index in [0.717, 1.165) is 79.1 Å². The van der Waals surface area contributed by atoms with Crippen LogP contribution in [0.1, 0.15) is 0 Å². The van der Waals surface area contributed by atoms with Gasteiger partial charge in [-0.2, -0.15) is 0 Å². The van der Waals surface area contributed by atoms with Gasteiger partial charge in [-0.15, -0.1) is 0 Å². The number of aliphatic hydroxyl groups excluding tert-OH is 2. The lowest BCUT2D eigenvalue weighted by molar-refractivity contribution is 0.00168. The van der Waals surface area contributed by atoms with Crippen LogP contribution in [-0.4, -0.2) is 60.7 Å². The molecule has 0 bridgehead atoms. The van der Waals surface area contributed by atoms with Crippen LogP contribution in [-0.2, 0) is 13.1 Å². The van der Waals surface area contributed by atoms with E-state index >= 15 is 0 Å². The number of nitrogens with zero attached hydrogens (tertiary/aromatic N) is 3. The minimum atomic E-state index is -0.946. The SMILES string of the molecule is Oc1[nH]cc2c1c1c3cc(NC4=NCCN4)ccc3n3c1c1c2c2ccccc2n1CC(O)C(O)C3. The van der Waals surface area contributed by atoms with E-state index < -0.39 is 12.2 Å². The van der Waals surface area contributed by atoms with Crippen LogP contribution in [0.3, 0.4) is 0 Å². The van der Waals surface area contributed by atoms with Gasteiger partial charge in [-0.3, -0.25) is 4.99 Å².